The summed E-state index contributed by atoms with van der Waals surface area (Å²) in [5.74, 6) is 0. The molecule has 0 N–H and O–H groups in total. The maximum absolute atomic E-state index is 12.5. The van der Waals surface area contributed by atoms with Crippen LogP contribution in [0.4, 0.5) is 13.2 Å². The molecule has 1 aromatic heterocycles. The average molecular weight is 285 g/mol. The van der Waals surface area contributed by atoms with Crippen LogP contribution in [0.3, 0.4) is 0 Å². The van der Waals surface area contributed by atoms with Gasteiger partial charge in [-0.25, -0.2) is 0 Å². The molecule has 2 rings (SSSR count). The third-order valence-corrected chi connectivity index (χ3v) is 3.09. The monoisotopic (exact) mass is 285 g/mol. The van der Waals surface area contributed by atoms with Crippen molar-refractivity contribution < 1.29 is 18.0 Å². The first kappa shape index (κ1) is 13.6. The topological polar surface area (TPSA) is 21.6 Å². The van der Waals surface area contributed by atoms with Gasteiger partial charge in [-0.3, -0.25) is 0 Å². The minimum atomic E-state index is -4.34. The van der Waals surface area contributed by atoms with Crippen molar-refractivity contribution in [1.29, 1.82) is 0 Å². The normalized spacial score (nSPS) is 11.9. The molecular formula is C13H10F3NOS. The summed E-state index contributed by atoms with van der Waals surface area (Å²) in [6, 6.07) is 8.74. The lowest BCUT2D eigenvalue weighted by Crippen LogP contribution is -2.05. The third-order valence-electron chi connectivity index (χ3n) is 2.28. The van der Waals surface area contributed by atoms with E-state index in [0.29, 0.717) is 5.56 Å². The Balaban J connectivity index is 1.93. The SMILES string of the molecule is FC(F)(F)c1cccc(CO/N=C/c2cccs2)c1. The van der Waals surface area contributed by atoms with E-state index >= 15 is 0 Å². The fourth-order valence-corrected chi connectivity index (χ4v) is 1.98. The molecule has 6 heteroatoms. The minimum Gasteiger partial charge on any atom is -0.391 e. The molecule has 2 aromatic rings. The highest BCUT2D eigenvalue weighted by molar-refractivity contribution is 7.11. The van der Waals surface area contributed by atoms with Crippen LogP contribution in [0, 0.1) is 0 Å². The summed E-state index contributed by atoms with van der Waals surface area (Å²) >= 11 is 1.50. The second-order valence-electron chi connectivity index (χ2n) is 3.72. The molecule has 0 aliphatic heterocycles. The molecule has 0 spiro atoms. The molecule has 2 nitrogen and oxygen atoms in total. The van der Waals surface area contributed by atoms with E-state index in [9.17, 15) is 13.2 Å². The zero-order valence-electron chi connectivity index (χ0n) is 9.72. The van der Waals surface area contributed by atoms with E-state index in [2.05, 4.69) is 5.16 Å². The maximum atomic E-state index is 12.5. The summed E-state index contributed by atoms with van der Waals surface area (Å²) in [4.78, 5) is 5.89. The molecule has 0 aliphatic rings. The second-order valence-corrected chi connectivity index (χ2v) is 4.70. The first-order valence-electron chi connectivity index (χ1n) is 5.41. The Morgan fingerprint density at radius 3 is 2.74 bits per heavy atom. The molecule has 0 amide bonds. The summed E-state index contributed by atoms with van der Waals surface area (Å²) < 4.78 is 37.4. The molecule has 0 bridgehead atoms. The van der Waals surface area contributed by atoms with Gasteiger partial charge in [0.2, 0.25) is 0 Å². The van der Waals surface area contributed by atoms with Crippen molar-refractivity contribution in [3.63, 3.8) is 0 Å². The van der Waals surface area contributed by atoms with Gasteiger partial charge in [0.1, 0.15) is 6.61 Å². The average Bonchev–Trinajstić information content (AvgIpc) is 2.87. The number of halogens is 3. The molecule has 19 heavy (non-hydrogen) atoms. The van der Waals surface area contributed by atoms with E-state index in [4.69, 9.17) is 4.84 Å². The Labute approximate surface area is 112 Å². The van der Waals surface area contributed by atoms with Crippen LogP contribution in [-0.2, 0) is 17.6 Å². The van der Waals surface area contributed by atoms with Gasteiger partial charge in [-0.2, -0.15) is 13.2 Å². The number of nitrogens with zero attached hydrogens (tertiary/aromatic N) is 1. The lowest BCUT2D eigenvalue weighted by Gasteiger charge is -2.07. The minimum absolute atomic E-state index is 0.00575. The number of benzene rings is 1. The number of hydrogen-bond donors (Lipinski definition) is 0. The van der Waals surface area contributed by atoms with E-state index in [1.807, 2.05) is 17.5 Å². The molecule has 0 saturated heterocycles. The van der Waals surface area contributed by atoms with Crippen LogP contribution < -0.4 is 0 Å². The van der Waals surface area contributed by atoms with Crippen LogP contribution in [0.5, 0.6) is 0 Å². The number of hydrogen-bond acceptors (Lipinski definition) is 3. The number of oxime groups is 1. The van der Waals surface area contributed by atoms with Gasteiger partial charge in [-0.15, -0.1) is 11.3 Å². The molecule has 1 heterocycles. The van der Waals surface area contributed by atoms with Crippen LogP contribution in [0.2, 0.25) is 0 Å². The molecule has 0 fully saturated rings. The lowest BCUT2D eigenvalue weighted by atomic mass is 10.1. The number of rotatable bonds is 4. The molecule has 100 valence electrons. The highest BCUT2D eigenvalue weighted by Gasteiger charge is 2.30. The Morgan fingerprint density at radius 1 is 1.21 bits per heavy atom. The predicted molar refractivity (Wildman–Crippen MR) is 68.1 cm³/mol. The molecule has 0 aliphatic carbocycles. The van der Waals surface area contributed by atoms with Crippen molar-refractivity contribution in [2.24, 2.45) is 5.16 Å². The van der Waals surface area contributed by atoms with Crippen molar-refractivity contribution in [2.45, 2.75) is 12.8 Å². The Morgan fingerprint density at radius 2 is 2.05 bits per heavy atom. The van der Waals surface area contributed by atoms with Gasteiger partial charge in [0.05, 0.1) is 11.8 Å². The highest BCUT2D eigenvalue weighted by Crippen LogP contribution is 2.29. The van der Waals surface area contributed by atoms with Crippen molar-refractivity contribution in [3.8, 4) is 0 Å². The third kappa shape index (κ3) is 4.10. The van der Waals surface area contributed by atoms with Crippen LogP contribution in [0.15, 0.2) is 46.9 Å². The summed E-state index contributed by atoms with van der Waals surface area (Å²) in [6.07, 6.45) is -2.81. The van der Waals surface area contributed by atoms with Gasteiger partial charge in [-0.1, -0.05) is 23.4 Å². The van der Waals surface area contributed by atoms with Crippen LogP contribution >= 0.6 is 11.3 Å². The van der Waals surface area contributed by atoms with E-state index in [1.54, 1.807) is 6.07 Å². The van der Waals surface area contributed by atoms with Gasteiger partial charge in [0.25, 0.3) is 0 Å². The molecule has 1 aromatic carbocycles. The zero-order chi connectivity index (χ0) is 13.7. The van der Waals surface area contributed by atoms with Gasteiger partial charge in [-0.05, 0) is 29.1 Å². The fraction of sp³-hybridized carbons (Fsp3) is 0.154. The Bertz CT molecular complexity index is 549. The maximum Gasteiger partial charge on any atom is 0.416 e. The van der Waals surface area contributed by atoms with E-state index in [1.165, 1.54) is 23.6 Å². The molecule has 0 radical (unpaired) electrons. The van der Waals surface area contributed by atoms with Crippen molar-refractivity contribution in [3.05, 3.63) is 57.8 Å². The van der Waals surface area contributed by atoms with Crippen molar-refractivity contribution >= 4 is 17.6 Å². The molecular weight excluding hydrogens is 275 g/mol. The predicted octanol–water partition coefficient (Wildman–Crippen LogP) is 4.32. The Kier molecular flexibility index (Phi) is 4.21. The van der Waals surface area contributed by atoms with Gasteiger partial charge < -0.3 is 4.84 Å². The van der Waals surface area contributed by atoms with Crippen molar-refractivity contribution in [2.75, 3.05) is 0 Å². The molecule has 0 unspecified atom stereocenters. The van der Waals surface area contributed by atoms with Gasteiger partial charge in [0, 0.05) is 4.88 Å². The molecule has 0 atom stereocenters. The largest absolute Gasteiger partial charge is 0.416 e. The van der Waals surface area contributed by atoms with Gasteiger partial charge in [0.15, 0.2) is 0 Å². The Hall–Kier alpha value is -1.82. The molecule has 0 saturated carbocycles. The smallest absolute Gasteiger partial charge is 0.391 e. The lowest BCUT2D eigenvalue weighted by molar-refractivity contribution is -0.137. The summed E-state index contributed by atoms with van der Waals surface area (Å²) in [5.41, 5.74) is -0.256. The van der Waals surface area contributed by atoms with Crippen molar-refractivity contribution in [1.82, 2.24) is 0 Å². The number of alkyl halides is 3. The van der Waals surface area contributed by atoms with Crippen LogP contribution in [0.1, 0.15) is 16.0 Å². The number of thiophene rings is 1. The first-order valence-corrected chi connectivity index (χ1v) is 6.28. The van der Waals surface area contributed by atoms with E-state index in [0.717, 1.165) is 17.0 Å². The standard InChI is InChI=1S/C13H10F3NOS/c14-13(15,16)11-4-1-3-10(7-11)9-18-17-8-12-5-2-6-19-12/h1-8H,9H2/b17-8+. The zero-order valence-corrected chi connectivity index (χ0v) is 10.5. The van der Waals surface area contributed by atoms with E-state index < -0.39 is 11.7 Å². The quantitative estimate of drug-likeness (QED) is 0.605. The van der Waals surface area contributed by atoms with E-state index in [-0.39, 0.29) is 6.61 Å². The van der Waals surface area contributed by atoms with Crippen LogP contribution in [-0.4, -0.2) is 6.21 Å². The summed E-state index contributed by atoms with van der Waals surface area (Å²) in [5, 5.41) is 5.60. The summed E-state index contributed by atoms with van der Waals surface area (Å²) in [6.45, 7) is 0.00575. The summed E-state index contributed by atoms with van der Waals surface area (Å²) in [7, 11) is 0. The first-order chi connectivity index (χ1) is 9.05. The second kappa shape index (κ2) is 5.88. The fourth-order valence-electron chi connectivity index (χ4n) is 1.40. The van der Waals surface area contributed by atoms with Crippen LogP contribution in [0.25, 0.3) is 0 Å². The highest BCUT2D eigenvalue weighted by atomic mass is 32.1. The van der Waals surface area contributed by atoms with Gasteiger partial charge >= 0.3 is 6.18 Å².